The highest BCUT2D eigenvalue weighted by Gasteiger charge is 2.45. The van der Waals surface area contributed by atoms with Gasteiger partial charge < -0.3 is 24.9 Å². The second-order valence-electron chi connectivity index (χ2n) is 10.1. The number of anilines is 4. The normalized spacial score (nSPS) is 20.6. The van der Waals surface area contributed by atoms with Gasteiger partial charge in [-0.25, -0.2) is 18.0 Å². The summed E-state index contributed by atoms with van der Waals surface area (Å²) >= 11 is 0. The lowest BCUT2D eigenvalue weighted by Gasteiger charge is -2.39. The van der Waals surface area contributed by atoms with Crippen molar-refractivity contribution in [3.05, 3.63) is 41.5 Å². The number of carbonyl (C=O) groups is 1. The van der Waals surface area contributed by atoms with Crippen LogP contribution >= 0.6 is 0 Å². The van der Waals surface area contributed by atoms with Crippen LogP contribution in [-0.4, -0.2) is 64.7 Å². The number of nitrogens with one attached hydrogen (secondary N) is 2. The molecule has 5 rings (SSSR count). The van der Waals surface area contributed by atoms with E-state index in [4.69, 9.17) is 5.11 Å². The van der Waals surface area contributed by atoms with Gasteiger partial charge >= 0.3 is 0 Å². The lowest BCUT2D eigenvalue weighted by Crippen LogP contribution is -2.56. The number of hydrogen-bond acceptors (Lipinski definition) is 6. The van der Waals surface area contributed by atoms with E-state index in [2.05, 4.69) is 19.9 Å². The van der Waals surface area contributed by atoms with E-state index >= 15 is 0 Å². The van der Waals surface area contributed by atoms with Gasteiger partial charge in [-0.15, -0.1) is 0 Å². The van der Waals surface area contributed by atoms with Crippen LogP contribution in [0.4, 0.5) is 31.8 Å². The summed E-state index contributed by atoms with van der Waals surface area (Å²) in [6.07, 6.45) is 4.68. The van der Waals surface area contributed by atoms with Crippen LogP contribution in [0.3, 0.4) is 0 Å². The van der Waals surface area contributed by atoms with Crippen LogP contribution in [0.2, 0.25) is 0 Å². The van der Waals surface area contributed by atoms with Gasteiger partial charge in [0.1, 0.15) is 22.6 Å². The molecule has 1 amide bonds. The van der Waals surface area contributed by atoms with E-state index in [-0.39, 0.29) is 31.4 Å². The number of piperidine rings is 1. The Hall–Kier alpha value is -2.79. The zero-order valence-electron chi connectivity index (χ0n) is 20.2. The van der Waals surface area contributed by atoms with Gasteiger partial charge in [-0.3, -0.25) is 4.79 Å². The number of rotatable bonds is 8. The van der Waals surface area contributed by atoms with Crippen LogP contribution < -0.4 is 19.8 Å². The van der Waals surface area contributed by atoms with E-state index in [1.54, 1.807) is 24.3 Å². The molecule has 1 spiro atoms. The van der Waals surface area contributed by atoms with Gasteiger partial charge in [0.25, 0.3) is 11.8 Å². The molecule has 0 bridgehead atoms. The molecular formula is C25H31F2N5O3S. The van der Waals surface area contributed by atoms with E-state index in [1.165, 1.54) is 17.7 Å². The topological polar surface area (TPSA) is 97.8 Å². The van der Waals surface area contributed by atoms with E-state index in [1.807, 2.05) is 13.0 Å². The second-order valence-corrected chi connectivity index (χ2v) is 11.5. The van der Waals surface area contributed by atoms with Gasteiger partial charge in [-0.05, 0) is 73.9 Å². The fourth-order valence-corrected chi connectivity index (χ4v) is 5.60. The van der Waals surface area contributed by atoms with E-state index < -0.39 is 16.9 Å². The van der Waals surface area contributed by atoms with Crippen molar-refractivity contribution in [3.8, 4) is 0 Å². The number of aliphatic hydroxyl groups is 1. The molecule has 2 aliphatic heterocycles. The molecule has 2 saturated heterocycles. The molecule has 3 aliphatic rings. The Bertz CT molecular complexity index is 1170. The number of halogens is 2. The summed E-state index contributed by atoms with van der Waals surface area (Å²) in [4.78, 5) is 21.5. The number of hydrogen-bond donors (Lipinski definition) is 3. The maximum Gasteiger partial charge on any atom is 0.282 e. The van der Waals surface area contributed by atoms with Gasteiger partial charge in [0, 0.05) is 18.8 Å². The largest absolute Gasteiger partial charge is 0.395 e. The van der Waals surface area contributed by atoms with E-state index in [9.17, 15) is 17.8 Å². The predicted molar refractivity (Wildman–Crippen MR) is 137 cm³/mol. The Morgan fingerprint density at radius 1 is 1.11 bits per heavy atom. The van der Waals surface area contributed by atoms with E-state index in [0.717, 1.165) is 37.2 Å². The molecule has 3 fully saturated rings. The number of aliphatic hydroxyl groups excluding tert-OH is 1. The van der Waals surface area contributed by atoms with Gasteiger partial charge in [0.15, 0.2) is 0 Å². The molecule has 1 aromatic heterocycles. The fraction of sp³-hybridized carbons (Fsp3) is 0.520. The number of alkyl halides is 2. The Kier molecular flexibility index (Phi) is 6.63. The van der Waals surface area contributed by atoms with Crippen LogP contribution in [0.15, 0.2) is 30.3 Å². The van der Waals surface area contributed by atoms with Gasteiger partial charge in [-0.1, -0.05) is 0 Å². The van der Waals surface area contributed by atoms with Gasteiger partial charge in [0.2, 0.25) is 0 Å². The predicted octanol–water partition coefficient (Wildman–Crippen LogP) is 3.55. The Morgan fingerprint density at radius 2 is 1.83 bits per heavy atom. The molecule has 1 aliphatic carbocycles. The number of carbonyl (C=O) groups excluding carboxylic acids is 1. The van der Waals surface area contributed by atoms with Crippen LogP contribution in [-0.2, 0) is 11.0 Å². The number of aromatic nitrogens is 1. The highest BCUT2D eigenvalue weighted by Crippen LogP contribution is 2.54. The molecule has 1 atom stereocenters. The first kappa shape index (κ1) is 24.9. The average Bonchev–Trinajstić information content (AvgIpc) is 3.56. The Morgan fingerprint density at radius 3 is 2.47 bits per heavy atom. The zero-order chi connectivity index (χ0) is 25.5. The van der Waals surface area contributed by atoms with Crippen LogP contribution in [0.1, 0.15) is 41.6 Å². The van der Waals surface area contributed by atoms with Crippen molar-refractivity contribution in [2.45, 2.75) is 38.5 Å². The van der Waals surface area contributed by atoms with Crippen molar-refractivity contribution in [2.24, 2.45) is 5.41 Å². The molecule has 194 valence electrons. The zero-order valence-corrected chi connectivity index (χ0v) is 21.0. The first-order chi connectivity index (χ1) is 17.2. The Balaban J connectivity index is 1.38. The molecule has 0 radical (unpaired) electrons. The van der Waals surface area contributed by atoms with Crippen LogP contribution in [0, 0.1) is 12.3 Å². The summed E-state index contributed by atoms with van der Waals surface area (Å²) in [5.74, 6) is -2.24. The quantitative estimate of drug-likeness (QED) is 0.494. The smallest absolute Gasteiger partial charge is 0.282 e. The number of pyridine rings is 1. The van der Waals surface area contributed by atoms with Crippen molar-refractivity contribution >= 4 is 39.9 Å². The first-order valence-corrected chi connectivity index (χ1v) is 13.6. The molecule has 1 saturated carbocycles. The number of benzene rings is 1. The van der Waals surface area contributed by atoms with Crippen molar-refractivity contribution in [1.29, 1.82) is 0 Å². The maximum absolute atomic E-state index is 13.4. The third-order valence-corrected chi connectivity index (χ3v) is 8.26. The SMILES string of the molecule is Cc1cc(NC(=O)c2ccc(NS(=O)CCO)cc2N2CCC3(CC2)CC3)nc(N2CC(F)(F)C2)c1. The standard InChI is InChI=1S/C25H31F2N5O3S/c1-17-12-21(28-22(13-17)32-15-25(26,27)16-32)29-23(34)19-3-2-18(30-36(35)11-10-33)14-20(19)31-8-6-24(4-5-24)7-9-31/h2-3,12-14,30,33H,4-11,15-16H2,1H3,(H,28,29,34). The summed E-state index contributed by atoms with van der Waals surface area (Å²) in [6, 6.07) is 8.65. The first-order valence-electron chi connectivity index (χ1n) is 12.2. The minimum atomic E-state index is -2.71. The fourth-order valence-electron chi connectivity index (χ4n) is 4.95. The molecule has 8 nitrogen and oxygen atoms in total. The molecule has 1 aromatic carbocycles. The number of aryl methyl sites for hydroxylation is 1. The summed E-state index contributed by atoms with van der Waals surface area (Å²) in [5, 5.41) is 11.9. The lowest BCUT2D eigenvalue weighted by atomic mass is 9.93. The molecule has 1 unspecified atom stereocenters. The summed E-state index contributed by atoms with van der Waals surface area (Å²) in [5.41, 5.74) is 3.08. The molecule has 36 heavy (non-hydrogen) atoms. The second kappa shape index (κ2) is 9.59. The molecule has 2 aromatic rings. The number of nitrogens with zero attached hydrogens (tertiary/aromatic N) is 3. The average molecular weight is 520 g/mol. The maximum atomic E-state index is 13.4. The van der Waals surface area contributed by atoms with Crippen molar-refractivity contribution in [2.75, 3.05) is 58.4 Å². The Labute approximate surface area is 211 Å². The van der Waals surface area contributed by atoms with E-state index in [0.29, 0.717) is 28.3 Å². The monoisotopic (exact) mass is 519 g/mol. The van der Waals surface area contributed by atoms with Gasteiger partial charge in [0.05, 0.1) is 36.7 Å². The molecule has 3 heterocycles. The van der Waals surface area contributed by atoms with Crippen LogP contribution in [0.25, 0.3) is 0 Å². The lowest BCUT2D eigenvalue weighted by molar-refractivity contribution is -0.0267. The van der Waals surface area contributed by atoms with Crippen molar-refractivity contribution in [1.82, 2.24) is 4.98 Å². The third-order valence-electron chi connectivity index (χ3n) is 7.24. The van der Waals surface area contributed by atoms with Crippen molar-refractivity contribution < 1.29 is 22.9 Å². The minimum absolute atomic E-state index is 0.105. The van der Waals surface area contributed by atoms with Crippen molar-refractivity contribution in [3.63, 3.8) is 0 Å². The molecule has 11 heteroatoms. The highest BCUT2D eigenvalue weighted by molar-refractivity contribution is 7.86. The van der Waals surface area contributed by atoms with Gasteiger partial charge in [-0.2, -0.15) is 0 Å². The van der Waals surface area contributed by atoms with Crippen LogP contribution in [0.5, 0.6) is 0 Å². The molecule has 3 N–H and O–H groups in total. The third kappa shape index (κ3) is 5.46. The number of amides is 1. The summed E-state index contributed by atoms with van der Waals surface area (Å²) in [7, 11) is -1.43. The summed E-state index contributed by atoms with van der Waals surface area (Å²) < 4.78 is 41.7. The minimum Gasteiger partial charge on any atom is -0.395 e. The highest BCUT2D eigenvalue weighted by atomic mass is 32.2. The molecular weight excluding hydrogens is 488 g/mol. The summed E-state index contributed by atoms with van der Waals surface area (Å²) in [6.45, 7) is 2.53.